The quantitative estimate of drug-likeness (QED) is 0.848. The second-order valence-corrected chi connectivity index (χ2v) is 3.91. The molecule has 0 bridgehead atoms. The number of alkyl halides is 2. The minimum absolute atomic E-state index is 0.453. The summed E-state index contributed by atoms with van der Waals surface area (Å²) in [5.74, 6) is -1.26. The second-order valence-electron chi connectivity index (χ2n) is 3.91. The predicted octanol–water partition coefficient (Wildman–Crippen LogP) is 2.73. The monoisotopic (exact) mass is 256 g/mol. The summed E-state index contributed by atoms with van der Waals surface area (Å²) in [5, 5.41) is 2.25. The van der Waals surface area contributed by atoms with E-state index in [0.717, 1.165) is 18.7 Å². The van der Waals surface area contributed by atoms with Crippen LogP contribution in [0.15, 0.2) is 24.3 Å². The molecule has 0 fully saturated rings. The molecule has 0 aliphatic heterocycles. The van der Waals surface area contributed by atoms with Gasteiger partial charge in [-0.2, -0.15) is 8.78 Å². The van der Waals surface area contributed by atoms with Crippen molar-refractivity contribution in [1.82, 2.24) is 4.90 Å². The van der Waals surface area contributed by atoms with Crippen molar-refractivity contribution in [2.75, 3.05) is 18.4 Å². The molecule has 0 unspecified atom stereocenters. The van der Waals surface area contributed by atoms with Crippen LogP contribution in [0.2, 0.25) is 0 Å². The molecule has 0 saturated heterocycles. The lowest BCUT2D eigenvalue weighted by Gasteiger charge is -2.20. The van der Waals surface area contributed by atoms with E-state index in [9.17, 15) is 13.6 Å². The van der Waals surface area contributed by atoms with Crippen molar-refractivity contribution in [1.29, 1.82) is 0 Å². The Labute approximate surface area is 106 Å². The SMILES string of the molecule is CCN(CC)Cc1ccccc1NC(=O)C(F)F. The Balaban J connectivity index is 2.82. The standard InChI is InChI=1S/C13H18F2N2O/c1-3-17(4-2)9-10-7-5-6-8-11(10)16-13(18)12(14)15/h5-8,12H,3-4,9H2,1-2H3,(H,16,18). The number of anilines is 1. The van der Waals surface area contributed by atoms with Gasteiger partial charge in [-0.3, -0.25) is 9.69 Å². The van der Waals surface area contributed by atoms with E-state index in [-0.39, 0.29) is 0 Å². The Morgan fingerprint density at radius 1 is 1.28 bits per heavy atom. The maximum atomic E-state index is 12.2. The number of benzene rings is 1. The van der Waals surface area contributed by atoms with E-state index in [2.05, 4.69) is 10.2 Å². The molecule has 1 amide bonds. The van der Waals surface area contributed by atoms with Gasteiger partial charge < -0.3 is 5.32 Å². The largest absolute Gasteiger partial charge is 0.321 e. The lowest BCUT2D eigenvalue weighted by atomic mass is 10.1. The molecule has 0 aromatic heterocycles. The fraction of sp³-hybridized carbons (Fsp3) is 0.462. The number of nitrogens with zero attached hydrogens (tertiary/aromatic N) is 1. The number of hydrogen-bond acceptors (Lipinski definition) is 2. The van der Waals surface area contributed by atoms with E-state index in [0.29, 0.717) is 12.2 Å². The first-order chi connectivity index (χ1) is 8.58. The van der Waals surface area contributed by atoms with E-state index in [1.54, 1.807) is 12.1 Å². The smallest absolute Gasteiger partial charge is 0.315 e. The fourth-order valence-electron chi connectivity index (χ4n) is 1.66. The number of carbonyl (C=O) groups is 1. The van der Waals surface area contributed by atoms with Gasteiger partial charge in [0.05, 0.1) is 0 Å². The van der Waals surface area contributed by atoms with Crippen molar-refractivity contribution >= 4 is 11.6 Å². The van der Waals surface area contributed by atoms with Crippen LogP contribution < -0.4 is 5.32 Å². The van der Waals surface area contributed by atoms with Gasteiger partial charge in [-0.15, -0.1) is 0 Å². The molecule has 0 radical (unpaired) electrons. The average molecular weight is 256 g/mol. The summed E-state index contributed by atoms with van der Waals surface area (Å²) in [4.78, 5) is 13.2. The first-order valence-corrected chi connectivity index (χ1v) is 5.97. The van der Waals surface area contributed by atoms with Crippen molar-refractivity contribution < 1.29 is 13.6 Å². The molecule has 1 N–H and O–H groups in total. The van der Waals surface area contributed by atoms with Gasteiger partial charge in [0, 0.05) is 12.2 Å². The highest BCUT2D eigenvalue weighted by Crippen LogP contribution is 2.17. The number of rotatable bonds is 6. The zero-order valence-electron chi connectivity index (χ0n) is 10.6. The van der Waals surface area contributed by atoms with Crippen LogP contribution in [-0.2, 0) is 11.3 Å². The van der Waals surface area contributed by atoms with E-state index in [4.69, 9.17) is 0 Å². The third-order valence-corrected chi connectivity index (χ3v) is 2.76. The molecule has 0 atom stereocenters. The molecule has 0 aliphatic carbocycles. The first-order valence-electron chi connectivity index (χ1n) is 5.97. The Hall–Kier alpha value is -1.49. The van der Waals surface area contributed by atoms with Crippen LogP contribution in [-0.4, -0.2) is 30.3 Å². The minimum Gasteiger partial charge on any atom is -0.321 e. The first kappa shape index (κ1) is 14.6. The summed E-state index contributed by atoms with van der Waals surface area (Å²) in [6.07, 6.45) is -2.99. The average Bonchev–Trinajstić information content (AvgIpc) is 2.37. The van der Waals surface area contributed by atoms with E-state index in [1.165, 1.54) is 0 Å². The van der Waals surface area contributed by atoms with Gasteiger partial charge in [0.1, 0.15) is 0 Å². The van der Waals surface area contributed by atoms with Crippen LogP contribution in [0.4, 0.5) is 14.5 Å². The van der Waals surface area contributed by atoms with Crippen LogP contribution in [0.25, 0.3) is 0 Å². The molecule has 1 aromatic rings. The molecule has 3 nitrogen and oxygen atoms in total. The Morgan fingerprint density at radius 2 is 1.89 bits per heavy atom. The van der Waals surface area contributed by atoms with Gasteiger partial charge in [0.25, 0.3) is 5.91 Å². The molecule has 1 rings (SSSR count). The van der Waals surface area contributed by atoms with E-state index in [1.807, 2.05) is 26.0 Å². The normalized spacial score (nSPS) is 11.0. The zero-order valence-corrected chi connectivity index (χ0v) is 10.6. The Bertz CT molecular complexity index is 392. The molecule has 1 aromatic carbocycles. The van der Waals surface area contributed by atoms with Gasteiger partial charge in [-0.05, 0) is 24.7 Å². The van der Waals surface area contributed by atoms with Crippen molar-refractivity contribution in [3.8, 4) is 0 Å². The third-order valence-electron chi connectivity index (χ3n) is 2.76. The summed E-state index contributed by atoms with van der Waals surface area (Å²) < 4.78 is 24.4. The van der Waals surface area contributed by atoms with Gasteiger partial charge in [0.2, 0.25) is 0 Å². The van der Waals surface area contributed by atoms with E-state index >= 15 is 0 Å². The topological polar surface area (TPSA) is 32.3 Å². The molecule has 0 saturated carbocycles. The maximum absolute atomic E-state index is 12.2. The van der Waals surface area contributed by atoms with Crippen molar-refractivity contribution in [2.45, 2.75) is 26.8 Å². The number of hydrogen-bond donors (Lipinski definition) is 1. The zero-order chi connectivity index (χ0) is 13.5. The molecular weight excluding hydrogens is 238 g/mol. The van der Waals surface area contributed by atoms with Gasteiger partial charge in [-0.1, -0.05) is 32.0 Å². The molecule has 18 heavy (non-hydrogen) atoms. The number of amides is 1. The van der Waals surface area contributed by atoms with Crippen LogP contribution in [0.3, 0.4) is 0 Å². The highest BCUT2D eigenvalue weighted by atomic mass is 19.3. The van der Waals surface area contributed by atoms with Gasteiger partial charge >= 0.3 is 6.43 Å². The van der Waals surface area contributed by atoms with Crippen LogP contribution in [0.5, 0.6) is 0 Å². The van der Waals surface area contributed by atoms with Gasteiger partial charge in [-0.25, -0.2) is 0 Å². The lowest BCUT2D eigenvalue weighted by Crippen LogP contribution is -2.25. The summed E-state index contributed by atoms with van der Waals surface area (Å²) >= 11 is 0. The lowest BCUT2D eigenvalue weighted by molar-refractivity contribution is -0.126. The highest BCUT2D eigenvalue weighted by molar-refractivity contribution is 5.93. The number of halogens is 2. The Kier molecular flexibility index (Phi) is 5.71. The van der Waals surface area contributed by atoms with Crippen LogP contribution >= 0.6 is 0 Å². The Morgan fingerprint density at radius 3 is 2.44 bits per heavy atom. The number of carbonyl (C=O) groups excluding carboxylic acids is 1. The number of para-hydroxylation sites is 1. The molecule has 0 aliphatic rings. The summed E-state index contributed by atoms with van der Waals surface area (Å²) in [6.45, 7) is 6.43. The van der Waals surface area contributed by atoms with Crippen LogP contribution in [0, 0.1) is 0 Å². The molecule has 100 valence electrons. The van der Waals surface area contributed by atoms with Crippen molar-refractivity contribution in [3.63, 3.8) is 0 Å². The maximum Gasteiger partial charge on any atom is 0.315 e. The predicted molar refractivity (Wildman–Crippen MR) is 67.7 cm³/mol. The van der Waals surface area contributed by atoms with Crippen LogP contribution in [0.1, 0.15) is 19.4 Å². The highest BCUT2D eigenvalue weighted by Gasteiger charge is 2.16. The van der Waals surface area contributed by atoms with E-state index < -0.39 is 12.3 Å². The third kappa shape index (κ3) is 4.07. The summed E-state index contributed by atoms with van der Waals surface area (Å²) in [7, 11) is 0. The molecule has 5 heteroatoms. The molecule has 0 heterocycles. The summed E-state index contributed by atoms with van der Waals surface area (Å²) in [6, 6.07) is 7.02. The summed E-state index contributed by atoms with van der Waals surface area (Å²) in [5.41, 5.74) is 1.30. The van der Waals surface area contributed by atoms with Crippen molar-refractivity contribution in [3.05, 3.63) is 29.8 Å². The number of nitrogens with one attached hydrogen (secondary N) is 1. The van der Waals surface area contributed by atoms with Crippen molar-refractivity contribution in [2.24, 2.45) is 0 Å². The molecular formula is C13H18F2N2O. The minimum atomic E-state index is -2.99. The fourth-order valence-corrected chi connectivity index (χ4v) is 1.66. The molecule has 0 spiro atoms. The second kappa shape index (κ2) is 7.06. The van der Waals surface area contributed by atoms with Gasteiger partial charge in [0.15, 0.2) is 0 Å².